The minimum atomic E-state index is -0.323. The Labute approximate surface area is 190 Å². The van der Waals surface area contributed by atoms with E-state index in [2.05, 4.69) is 14.9 Å². The van der Waals surface area contributed by atoms with Crippen molar-refractivity contribution in [2.45, 2.75) is 13.0 Å². The number of carbonyl (C=O) groups is 3. The minimum Gasteiger partial charge on any atom is -0.497 e. The number of rotatable bonds is 6. The summed E-state index contributed by atoms with van der Waals surface area (Å²) < 4.78 is 5.26. The molecule has 0 atom stereocenters. The van der Waals surface area contributed by atoms with Crippen molar-refractivity contribution < 1.29 is 19.1 Å². The van der Waals surface area contributed by atoms with E-state index in [-0.39, 0.29) is 30.7 Å². The third-order valence-electron chi connectivity index (χ3n) is 6.26. The van der Waals surface area contributed by atoms with Crippen molar-refractivity contribution in [3.8, 4) is 5.75 Å². The first-order valence-electron chi connectivity index (χ1n) is 11.0. The van der Waals surface area contributed by atoms with Crippen LogP contribution in [0.5, 0.6) is 5.75 Å². The van der Waals surface area contributed by atoms with Gasteiger partial charge in [-0.2, -0.15) is 0 Å². The van der Waals surface area contributed by atoms with Gasteiger partial charge in [0.25, 0.3) is 11.8 Å². The van der Waals surface area contributed by atoms with Gasteiger partial charge in [0.15, 0.2) is 0 Å². The second kappa shape index (κ2) is 8.67. The number of H-pyrrole nitrogens is 1. The molecule has 1 fully saturated rings. The lowest BCUT2D eigenvalue weighted by Gasteiger charge is -2.34. The molecule has 0 aliphatic carbocycles. The summed E-state index contributed by atoms with van der Waals surface area (Å²) in [6, 6.07) is 12.5. The summed E-state index contributed by atoms with van der Waals surface area (Å²) >= 11 is 0. The summed E-state index contributed by atoms with van der Waals surface area (Å²) in [7, 11) is 1.64. The predicted octanol–water partition coefficient (Wildman–Crippen LogP) is 1.90. The number of nitrogens with zero attached hydrogens (tertiary/aromatic N) is 4. The molecule has 0 unspecified atom stereocenters. The Bertz CT molecular complexity index is 1190. The van der Waals surface area contributed by atoms with E-state index in [0.717, 1.165) is 35.7 Å². The van der Waals surface area contributed by atoms with Gasteiger partial charge in [0, 0.05) is 45.2 Å². The molecule has 9 heteroatoms. The van der Waals surface area contributed by atoms with Gasteiger partial charge in [-0.05, 0) is 24.3 Å². The van der Waals surface area contributed by atoms with Gasteiger partial charge in [0.2, 0.25) is 5.91 Å². The van der Waals surface area contributed by atoms with Gasteiger partial charge in [0.05, 0.1) is 35.8 Å². The Morgan fingerprint density at radius 2 is 1.73 bits per heavy atom. The number of amides is 3. The van der Waals surface area contributed by atoms with Crippen molar-refractivity contribution in [3.63, 3.8) is 0 Å². The smallest absolute Gasteiger partial charge is 0.261 e. The molecule has 2 aliphatic heterocycles. The maximum atomic E-state index is 12.7. The molecule has 1 aromatic heterocycles. The zero-order chi connectivity index (χ0) is 22.9. The molecule has 1 saturated heterocycles. The van der Waals surface area contributed by atoms with Crippen LogP contribution in [0.1, 0.15) is 33.0 Å². The zero-order valence-electron chi connectivity index (χ0n) is 18.4. The summed E-state index contributed by atoms with van der Waals surface area (Å²) in [5, 5.41) is 0. The SMILES string of the molecule is COc1ccc2nc(CN3CCN(C(=O)CCN4C(=O)c5ccccc5C4=O)CC3)[nH]c2c1. The predicted molar refractivity (Wildman–Crippen MR) is 121 cm³/mol. The van der Waals surface area contributed by atoms with E-state index in [9.17, 15) is 14.4 Å². The molecule has 0 bridgehead atoms. The highest BCUT2D eigenvalue weighted by atomic mass is 16.5. The van der Waals surface area contributed by atoms with Crippen LogP contribution in [-0.2, 0) is 11.3 Å². The third-order valence-corrected chi connectivity index (χ3v) is 6.26. The maximum absolute atomic E-state index is 12.7. The molecule has 3 amide bonds. The van der Waals surface area contributed by atoms with Crippen LogP contribution in [0.4, 0.5) is 0 Å². The molecule has 2 aliphatic rings. The number of methoxy groups -OCH3 is 1. The highest BCUT2D eigenvalue weighted by Gasteiger charge is 2.35. The van der Waals surface area contributed by atoms with Crippen LogP contribution in [0, 0.1) is 0 Å². The number of aromatic amines is 1. The number of imide groups is 1. The molecule has 0 radical (unpaired) electrons. The van der Waals surface area contributed by atoms with Crippen molar-refractivity contribution in [2.24, 2.45) is 0 Å². The lowest BCUT2D eigenvalue weighted by molar-refractivity contribution is -0.133. The minimum absolute atomic E-state index is 0.0398. The first-order valence-corrected chi connectivity index (χ1v) is 11.0. The summed E-state index contributed by atoms with van der Waals surface area (Å²) in [6.07, 6.45) is 0.136. The van der Waals surface area contributed by atoms with Crippen molar-refractivity contribution in [3.05, 3.63) is 59.4 Å². The largest absolute Gasteiger partial charge is 0.497 e. The van der Waals surface area contributed by atoms with Crippen LogP contribution < -0.4 is 4.74 Å². The van der Waals surface area contributed by atoms with E-state index in [1.54, 1.807) is 36.3 Å². The Hall–Kier alpha value is -3.72. The van der Waals surface area contributed by atoms with Gasteiger partial charge in [-0.25, -0.2) is 4.98 Å². The van der Waals surface area contributed by atoms with Crippen molar-refractivity contribution in [2.75, 3.05) is 39.8 Å². The first kappa shape index (κ1) is 21.1. The standard InChI is InChI=1S/C24H25N5O4/c1-33-16-6-7-19-20(14-16)26-21(25-19)15-27-10-12-28(13-11-27)22(30)8-9-29-23(31)17-4-2-3-5-18(17)24(29)32/h2-7,14H,8-13,15H2,1H3,(H,25,26). The van der Waals surface area contributed by atoms with Crippen LogP contribution in [0.2, 0.25) is 0 Å². The Kier molecular flexibility index (Phi) is 5.55. The number of aromatic nitrogens is 2. The van der Waals surface area contributed by atoms with Crippen LogP contribution in [-0.4, -0.2) is 82.2 Å². The molecule has 33 heavy (non-hydrogen) atoms. The van der Waals surface area contributed by atoms with Crippen molar-refractivity contribution in [1.82, 2.24) is 24.7 Å². The van der Waals surface area contributed by atoms with Crippen LogP contribution in [0.3, 0.4) is 0 Å². The number of fused-ring (bicyclic) bond motifs is 2. The van der Waals surface area contributed by atoms with Crippen molar-refractivity contribution in [1.29, 1.82) is 0 Å². The monoisotopic (exact) mass is 447 g/mol. The summed E-state index contributed by atoms with van der Waals surface area (Å²) in [5.41, 5.74) is 2.65. The average Bonchev–Trinajstić information content (AvgIpc) is 3.35. The lowest BCUT2D eigenvalue weighted by atomic mass is 10.1. The number of benzene rings is 2. The molecule has 0 saturated carbocycles. The molecule has 3 aromatic rings. The fourth-order valence-corrected chi connectivity index (χ4v) is 4.42. The van der Waals surface area contributed by atoms with E-state index in [1.807, 2.05) is 18.2 Å². The van der Waals surface area contributed by atoms with E-state index < -0.39 is 0 Å². The number of nitrogens with one attached hydrogen (secondary N) is 1. The number of hydrogen-bond donors (Lipinski definition) is 1. The van der Waals surface area contributed by atoms with Gasteiger partial charge in [0.1, 0.15) is 11.6 Å². The summed E-state index contributed by atoms with van der Waals surface area (Å²) in [6.45, 7) is 3.46. The Balaban J connectivity index is 1.12. The lowest BCUT2D eigenvalue weighted by Crippen LogP contribution is -2.49. The third kappa shape index (κ3) is 4.07. The van der Waals surface area contributed by atoms with Gasteiger partial charge >= 0.3 is 0 Å². The van der Waals surface area contributed by atoms with E-state index in [0.29, 0.717) is 30.8 Å². The highest BCUT2D eigenvalue weighted by molar-refractivity contribution is 6.21. The Morgan fingerprint density at radius 1 is 1.03 bits per heavy atom. The van der Waals surface area contributed by atoms with E-state index in [4.69, 9.17) is 4.74 Å². The molecule has 9 nitrogen and oxygen atoms in total. The molecule has 0 spiro atoms. The van der Waals surface area contributed by atoms with E-state index in [1.165, 1.54) is 4.90 Å². The summed E-state index contributed by atoms with van der Waals surface area (Å²) in [5.74, 6) is 0.977. The van der Waals surface area contributed by atoms with Gasteiger partial charge in [-0.3, -0.25) is 24.2 Å². The number of piperazine rings is 1. The fourth-order valence-electron chi connectivity index (χ4n) is 4.42. The Morgan fingerprint density at radius 3 is 2.39 bits per heavy atom. The second-order valence-electron chi connectivity index (χ2n) is 8.28. The average molecular weight is 447 g/mol. The van der Waals surface area contributed by atoms with E-state index >= 15 is 0 Å². The van der Waals surface area contributed by atoms with Crippen molar-refractivity contribution >= 4 is 28.8 Å². The van der Waals surface area contributed by atoms with Gasteiger partial charge in [-0.1, -0.05) is 12.1 Å². The number of imidazole rings is 1. The normalized spacial score (nSPS) is 16.5. The van der Waals surface area contributed by atoms with Gasteiger partial charge in [-0.15, -0.1) is 0 Å². The first-order chi connectivity index (χ1) is 16.0. The molecule has 5 rings (SSSR count). The number of carbonyl (C=O) groups excluding carboxylic acids is 3. The topological polar surface area (TPSA) is 98.8 Å². The molecular formula is C24H25N5O4. The zero-order valence-corrected chi connectivity index (χ0v) is 18.4. The molecule has 170 valence electrons. The van der Waals surface area contributed by atoms with Crippen LogP contribution in [0.15, 0.2) is 42.5 Å². The quantitative estimate of drug-likeness (QED) is 0.580. The second-order valence-corrected chi connectivity index (χ2v) is 8.28. The van der Waals surface area contributed by atoms with Crippen LogP contribution >= 0.6 is 0 Å². The van der Waals surface area contributed by atoms with Gasteiger partial charge < -0.3 is 14.6 Å². The highest BCUT2D eigenvalue weighted by Crippen LogP contribution is 2.23. The number of ether oxygens (including phenoxy) is 1. The van der Waals surface area contributed by atoms with Crippen LogP contribution in [0.25, 0.3) is 11.0 Å². The molecule has 1 N–H and O–H groups in total. The molecular weight excluding hydrogens is 422 g/mol. The maximum Gasteiger partial charge on any atom is 0.261 e. The summed E-state index contributed by atoms with van der Waals surface area (Å²) in [4.78, 5) is 50.9. The number of hydrogen-bond acceptors (Lipinski definition) is 6. The molecule has 2 aromatic carbocycles. The molecule has 3 heterocycles. The fraction of sp³-hybridized carbons (Fsp3) is 0.333.